The van der Waals surface area contributed by atoms with Crippen molar-refractivity contribution in [1.29, 1.82) is 0 Å². The molecule has 98 valence electrons. The predicted octanol–water partition coefficient (Wildman–Crippen LogP) is 4.10. The van der Waals surface area contributed by atoms with E-state index in [9.17, 15) is 4.79 Å². The number of para-hydroxylation sites is 1. The molecule has 0 fully saturated rings. The summed E-state index contributed by atoms with van der Waals surface area (Å²) in [5, 5.41) is 5.94. The van der Waals surface area contributed by atoms with Gasteiger partial charge in [0.2, 0.25) is 5.91 Å². The molecule has 0 atom stereocenters. The number of carbonyl (C=O) groups excluding carboxylic acids is 1. The van der Waals surface area contributed by atoms with Gasteiger partial charge in [0, 0.05) is 13.7 Å². The summed E-state index contributed by atoms with van der Waals surface area (Å²) in [6.07, 6.45) is 0. The van der Waals surface area contributed by atoms with E-state index >= 15 is 0 Å². The van der Waals surface area contributed by atoms with Gasteiger partial charge in [-0.15, -0.1) is 0 Å². The van der Waals surface area contributed by atoms with E-state index in [2.05, 4.69) is 49.2 Å². The summed E-state index contributed by atoms with van der Waals surface area (Å²) in [6.45, 7) is 0.238. The maximum atomic E-state index is 11.8. The van der Waals surface area contributed by atoms with Gasteiger partial charge in [-0.2, -0.15) is 0 Å². The van der Waals surface area contributed by atoms with Crippen molar-refractivity contribution in [2.24, 2.45) is 0 Å². The highest BCUT2D eigenvalue weighted by Gasteiger charge is 2.04. The molecule has 0 heterocycles. The van der Waals surface area contributed by atoms with Crippen molar-refractivity contribution >= 4 is 55.8 Å². The van der Waals surface area contributed by atoms with Gasteiger partial charge in [0.1, 0.15) is 0 Å². The first-order chi connectivity index (χ1) is 9.15. The number of halogens is 2. The van der Waals surface area contributed by atoms with Crippen LogP contribution in [0.5, 0.6) is 0 Å². The fourth-order valence-electron chi connectivity index (χ4n) is 1.54. The molecule has 2 aromatic rings. The molecule has 0 unspecified atom stereocenters. The third kappa shape index (κ3) is 4.50. The molecule has 0 aliphatic rings. The molecule has 2 N–H and O–H groups in total. The number of anilines is 2. The van der Waals surface area contributed by atoms with Crippen LogP contribution >= 0.6 is 38.5 Å². The predicted molar refractivity (Wildman–Crippen MR) is 90.4 cm³/mol. The van der Waals surface area contributed by atoms with Gasteiger partial charge >= 0.3 is 0 Å². The van der Waals surface area contributed by atoms with E-state index in [0.717, 1.165) is 19.4 Å². The standard InChI is InChI=1S/C14H12BrIN2O/c15-12-6-1-2-7-13(12)18-14(19)9-17-11-5-3-4-10(16)8-11/h1-8,17H,9H2,(H,18,19). The van der Waals surface area contributed by atoms with Crippen molar-refractivity contribution in [2.45, 2.75) is 0 Å². The van der Waals surface area contributed by atoms with Crippen LogP contribution in [0.15, 0.2) is 53.0 Å². The van der Waals surface area contributed by atoms with Crippen LogP contribution in [0, 0.1) is 3.57 Å². The summed E-state index contributed by atoms with van der Waals surface area (Å²) in [5.74, 6) is -0.0780. The Labute approximate surface area is 134 Å². The minimum atomic E-state index is -0.0780. The van der Waals surface area contributed by atoms with E-state index in [1.165, 1.54) is 0 Å². The van der Waals surface area contributed by atoms with Gasteiger partial charge < -0.3 is 10.6 Å². The lowest BCUT2D eigenvalue weighted by Gasteiger charge is -2.09. The van der Waals surface area contributed by atoms with Gasteiger partial charge in [0.25, 0.3) is 0 Å². The van der Waals surface area contributed by atoms with E-state index in [1.807, 2.05) is 48.5 Å². The summed E-state index contributed by atoms with van der Waals surface area (Å²) in [4.78, 5) is 11.8. The Bertz CT molecular complexity index is 589. The molecule has 0 radical (unpaired) electrons. The van der Waals surface area contributed by atoms with Crippen LogP contribution in [0.25, 0.3) is 0 Å². The lowest BCUT2D eigenvalue weighted by molar-refractivity contribution is -0.114. The fourth-order valence-corrected chi connectivity index (χ4v) is 2.46. The summed E-state index contributed by atoms with van der Waals surface area (Å²) in [6, 6.07) is 15.4. The Morgan fingerprint density at radius 3 is 2.68 bits per heavy atom. The van der Waals surface area contributed by atoms with Gasteiger partial charge in [-0.25, -0.2) is 0 Å². The largest absolute Gasteiger partial charge is 0.376 e. The summed E-state index contributed by atoms with van der Waals surface area (Å²) >= 11 is 5.63. The molecule has 0 aliphatic heterocycles. The van der Waals surface area contributed by atoms with Crippen molar-refractivity contribution in [1.82, 2.24) is 0 Å². The topological polar surface area (TPSA) is 41.1 Å². The average molecular weight is 431 g/mol. The van der Waals surface area contributed by atoms with E-state index in [0.29, 0.717) is 0 Å². The quantitative estimate of drug-likeness (QED) is 0.717. The minimum absolute atomic E-state index is 0.0780. The highest BCUT2D eigenvalue weighted by molar-refractivity contribution is 14.1. The van der Waals surface area contributed by atoms with Gasteiger partial charge in [0.15, 0.2) is 0 Å². The molecule has 0 aromatic heterocycles. The number of nitrogens with one attached hydrogen (secondary N) is 2. The first-order valence-electron chi connectivity index (χ1n) is 5.69. The molecule has 1 amide bonds. The van der Waals surface area contributed by atoms with Crippen molar-refractivity contribution in [3.05, 3.63) is 56.6 Å². The number of carbonyl (C=O) groups is 1. The molecule has 19 heavy (non-hydrogen) atoms. The molecule has 0 bridgehead atoms. The minimum Gasteiger partial charge on any atom is -0.376 e. The number of benzene rings is 2. The smallest absolute Gasteiger partial charge is 0.243 e. The Morgan fingerprint density at radius 2 is 1.95 bits per heavy atom. The molecule has 0 saturated carbocycles. The summed E-state index contributed by atoms with van der Waals surface area (Å²) in [5.41, 5.74) is 1.71. The summed E-state index contributed by atoms with van der Waals surface area (Å²) < 4.78 is 2.01. The highest BCUT2D eigenvalue weighted by Crippen LogP contribution is 2.21. The van der Waals surface area contributed by atoms with Crippen molar-refractivity contribution in [2.75, 3.05) is 17.2 Å². The van der Waals surface area contributed by atoms with Crippen LogP contribution in [0.4, 0.5) is 11.4 Å². The van der Waals surface area contributed by atoms with Crippen molar-refractivity contribution in [3.8, 4) is 0 Å². The second-order valence-corrected chi connectivity index (χ2v) is 5.99. The van der Waals surface area contributed by atoms with Gasteiger partial charge in [-0.05, 0) is 68.9 Å². The van der Waals surface area contributed by atoms with Crippen LogP contribution in [0.1, 0.15) is 0 Å². The van der Waals surface area contributed by atoms with Crippen LogP contribution in [0.3, 0.4) is 0 Å². The zero-order valence-electron chi connectivity index (χ0n) is 9.99. The Balaban J connectivity index is 1.90. The van der Waals surface area contributed by atoms with Crippen LogP contribution in [-0.4, -0.2) is 12.5 Å². The average Bonchev–Trinajstić information content (AvgIpc) is 2.39. The molecule has 2 aromatic carbocycles. The van der Waals surface area contributed by atoms with Crippen LogP contribution in [0.2, 0.25) is 0 Å². The maximum Gasteiger partial charge on any atom is 0.243 e. The van der Waals surface area contributed by atoms with Crippen molar-refractivity contribution < 1.29 is 4.79 Å². The van der Waals surface area contributed by atoms with Gasteiger partial charge in [-0.3, -0.25) is 4.79 Å². The molecule has 3 nitrogen and oxygen atoms in total. The Morgan fingerprint density at radius 1 is 1.16 bits per heavy atom. The SMILES string of the molecule is O=C(CNc1cccc(I)c1)Nc1ccccc1Br. The number of rotatable bonds is 4. The van der Waals surface area contributed by atoms with E-state index in [4.69, 9.17) is 0 Å². The normalized spacial score (nSPS) is 10.0. The zero-order chi connectivity index (χ0) is 13.7. The first kappa shape index (κ1) is 14.3. The number of hydrogen-bond donors (Lipinski definition) is 2. The number of hydrogen-bond acceptors (Lipinski definition) is 2. The lowest BCUT2D eigenvalue weighted by atomic mass is 10.3. The van der Waals surface area contributed by atoms with E-state index < -0.39 is 0 Å². The second kappa shape index (κ2) is 6.91. The van der Waals surface area contributed by atoms with E-state index in [-0.39, 0.29) is 12.5 Å². The van der Waals surface area contributed by atoms with Crippen molar-refractivity contribution in [3.63, 3.8) is 0 Å². The van der Waals surface area contributed by atoms with Crippen LogP contribution in [-0.2, 0) is 4.79 Å². The molecule has 5 heteroatoms. The fraction of sp³-hybridized carbons (Fsp3) is 0.0714. The van der Waals surface area contributed by atoms with E-state index in [1.54, 1.807) is 0 Å². The number of amides is 1. The molecule has 2 rings (SSSR count). The van der Waals surface area contributed by atoms with Gasteiger partial charge in [-0.1, -0.05) is 18.2 Å². The molecular formula is C14H12BrIN2O. The maximum absolute atomic E-state index is 11.8. The molecule has 0 aliphatic carbocycles. The van der Waals surface area contributed by atoms with Crippen LogP contribution < -0.4 is 10.6 Å². The van der Waals surface area contributed by atoms with Gasteiger partial charge in [0.05, 0.1) is 12.2 Å². The molecular weight excluding hydrogens is 419 g/mol. The summed E-state index contributed by atoms with van der Waals surface area (Å²) in [7, 11) is 0. The monoisotopic (exact) mass is 430 g/mol. The highest BCUT2D eigenvalue weighted by atomic mass is 127. The third-order valence-corrected chi connectivity index (χ3v) is 3.79. The second-order valence-electron chi connectivity index (χ2n) is 3.89. The molecule has 0 saturated heterocycles. The Hall–Kier alpha value is -1.08. The lowest BCUT2D eigenvalue weighted by Crippen LogP contribution is -2.21. The first-order valence-corrected chi connectivity index (χ1v) is 7.56. The third-order valence-electron chi connectivity index (χ3n) is 2.43. The molecule has 0 spiro atoms. The zero-order valence-corrected chi connectivity index (χ0v) is 13.7. The Kier molecular flexibility index (Phi) is 5.21.